The van der Waals surface area contributed by atoms with Crippen molar-refractivity contribution in [1.29, 1.82) is 0 Å². The molecule has 2 heteroatoms. The van der Waals surface area contributed by atoms with Gasteiger partial charge < -0.3 is 4.74 Å². The average molecular weight is 339 g/mol. The Hall–Kier alpha value is -3.39. The van der Waals surface area contributed by atoms with Crippen LogP contribution in [0.5, 0.6) is 5.75 Å². The van der Waals surface area contributed by atoms with E-state index in [1.807, 2.05) is 72.8 Å². The Morgan fingerprint density at radius 3 is 1.65 bits per heavy atom. The van der Waals surface area contributed by atoms with Crippen LogP contribution in [0, 0.1) is 0 Å². The van der Waals surface area contributed by atoms with Gasteiger partial charge in [-0.1, -0.05) is 72.8 Å². The van der Waals surface area contributed by atoms with Crippen molar-refractivity contribution in [3.05, 3.63) is 108 Å². The van der Waals surface area contributed by atoms with Gasteiger partial charge in [0.05, 0.1) is 18.5 Å². The molecule has 0 aliphatic rings. The number of nitrogens with zero attached hydrogens (tertiary/aromatic N) is 1. The molecule has 0 amide bonds. The first-order valence-electron chi connectivity index (χ1n) is 8.52. The van der Waals surface area contributed by atoms with Crippen LogP contribution in [0.15, 0.2) is 102 Å². The molecule has 0 bridgehead atoms. The molecule has 26 heavy (non-hydrogen) atoms. The molecular weight excluding hydrogens is 318 g/mol. The molecule has 0 unspecified atom stereocenters. The third kappa shape index (κ3) is 5.32. The Balaban J connectivity index is 1.88. The third-order valence-electron chi connectivity index (χ3n) is 3.82. The van der Waals surface area contributed by atoms with Crippen LogP contribution in [0.25, 0.3) is 12.2 Å². The minimum Gasteiger partial charge on any atom is -0.497 e. The summed E-state index contributed by atoms with van der Waals surface area (Å²) in [4.78, 5) is 4.75. The molecule has 0 radical (unpaired) electrons. The highest BCUT2D eigenvalue weighted by Crippen LogP contribution is 2.18. The normalized spacial score (nSPS) is 11.0. The first kappa shape index (κ1) is 17.4. The van der Waals surface area contributed by atoms with E-state index in [2.05, 4.69) is 36.4 Å². The van der Waals surface area contributed by atoms with Gasteiger partial charge in [-0.2, -0.15) is 0 Å². The van der Waals surface area contributed by atoms with Crippen molar-refractivity contribution in [2.75, 3.05) is 7.11 Å². The molecule has 3 aromatic carbocycles. The van der Waals surface area contributed by atoms with E-state index in [-0.39, 0.29) is 0 Å². The summed E-state index contributed by atoms with van der Waals surface area (Å²) < 4.78 is 5.21. The van der Waals surface area contributed by atoms with Crippen LogP contribution in [0.3, 0.4) is 0 Å². The van der Waals surface area contributed by atoms with Gasteiger partial charge in [-0.3, -0.25) is 0 Å². The second-order valence-corrected chi connectivity index (χ2v) is 5.72. The van der Waals surface area contributed by atoms with Gasteiger partial charge in [-0.15, -0.1) is 0 Å². The monoisotopic (exact) mass is 339 g/mol. The fraction of sp³-hybridized carbons (Fsp3) is 0.0417. The molecular formula is C24H21NO. The van der Waals surface area contributed by atoms with Crippen LogP contribution in [-0.2, 0) is 0 Å². The van der Waals surface area contributed by atoms with Crippen LogP contribution < -0.4 is 4.74 Å². The van der Waals surface area contributed by atoms with E-state index < -0.39 is 0 Å². The van der Waals surface area contributed by atoms with Crippen LogP contribution in [0.1, 0.15) is 11.1 Å². The predicted octanol–water partition coefficient (Wildman–Crippen LogP) is 6.19. The van der Waals surface area contributed by atoms with Gasteiger partial charge in [0.15, 0.2) is 0 Å². The zero-order chi connectivity index (χ0) is 18.0. The summed E-state index contributed by atoms with van der Waals surface area (Å²) in [6.45, 7) is 0. The van der Waals surface area contributed by atoms with Crippen molar-refractivity contribution in [2.24, 2.45) is 4.99 Å². The molecule has 0 aliphatic carbocycles. The van der Waals surface area contributed by atoms with Gasteiger partial charge in [0, 0.05) is 0 Å². The van der Waals surface area contributed by atoms with Crippen LogP contribution in [0.2, 0.25) is 0 Å². The van der Waals surface area contributed by atoms with Crippen molar-refractivity contribution >= 4 is 23.6 Å². The second-order valence-electron chi connectivity index (χ2n) is 5.72. The van der Waals surface area contributed by atoms with E-state index in [9.17, 15) is 0 Å². The summed E-state index contributed by atoms with van der Waals surface area (Å²) >= 11 is 0. The number of aliphatic imine (C=N–C) groups is 1. The first-order chi connectivity index (χ1) is 12.8. The molecule has 0 aromatic heterocycles. The van der Waals surface area contributed by atoms with Gasteiger partial charge >= 0.3 is 0 Å². The SMILES string of the molecule is COc1ccc(N=C(/C=C/c2ccccc2)/C=C/c2ccccc2)cc1. The molecule has 3 aromatic rings. The minimum absolute atomic E-state index is 0.824. The number of ether oxygens (including phenoxy) is 1. The maximum atomic E-state index is 5.21. The number of rotatable bonds is 6. The quantitative estimate of drug-likeness (QED) is 0.490. The molecule has 0 aliphatic heterocycles. The molecule has 0 spiro atoms. The van der Waals surface area contributed by atoms with Gasteiger partial charge in [0.25, 0.3) is 0 Å². The maximum absolute atomic E-state index is 5.21. The molecule has 128 valence electrons. The lowest BCUT2D eigenvalue weighted by molar-refractivity contribution is 0.415. The molecule has 0 heterocycles. The molecule has 2 nitrogen and oxygen atoms in total. The number of hydrogen-bond donors (Lipinski definition) is 0. The molecule has 0 saturated carbocycles. The highest BCUT2D eigenvalue weighted by Gasteiger charge is 1.95. The van der Waals surface area contributed by atoms with Gasteiger partial charge in [-0.05, 0) is 47.5 Å². The predicted molar refractivity (Wildman–Crippen MR) is 111 cm³/mol. The fourth-order valence-electron chi connectivity index (χ4n) is 2.43. The Kier molecular flexibility index (Phi) is 6.16. The summed E-state index contributed by atoms with van der Waals surface area (Å²) in [6, 6.07) is 28.2. The van der Waals surface area contributed by atoms with Crippen molar-refractivity contribution in [3.63, 3.8) is 0 Å². The molecule has 3 rings (SSSR count). The first-order valence-corrected chi connectivity index (χ1v) is 8.52. The smallest absolute Gasteiger partial charge is 0.119 e. The lowest BCUT2D eigenvalue weighted by Crippen LogP contribution is -1.88. The average Bonchev–Trinajstić information content (AvgIpc) is 2.72. The molecule has 0 N–H and O–H groups in total. The summed E-state index contributed by atoms with van der Waals surface area (Å²) in [5, 5.41) is 0. The van der Waals surface area contributed by atoms with Crippen molar-refractivity contribution in [1.82, 2.24) is 0 Å². The summed E-state index contributed by atoms with van der Waals surface area (Å²) in [6.07, 6.45) is 8.19. The highest BCUT2D eigenvalue weighted by atomic mass is 16.5. The Morgan fingerprint density at radius 1 is 0.692 bits per heavy atom. The number of benzene rings is 3. The van der Waals surface area contributed by atoms with Crippen molar-refractivity contribution in [3.8, 4) is 5.75 Å². The van der Waals surface area contributed by atoms with Crippen molar-refractivity contribution < 1.29 is 4.74 Å². The second kappa shape index (κ2) is 9.19. The van der Waals surface area contributed by atoms with E-state index in [4.69, 9.17) is 9.73 Å². The third-order valence-corrected chi connectivity index (χ3v) is 3.82. The zero-order valence-corrected chi connectivity index (χ0v) is 14.7. The number of hydrogen-bond acceptors (Lipinski definition) is 2. The lowest BCUT2D eigenvalue weighted by Gasteiger charge is -2.01. The highest BCUT2D eigenvalue weighted by molar-refractivity contribution is 6.09. The number of allylic oxidation sites excluding steroid dienone is 2. The van der Waals surface area contributed by atoms with Crippen LogP contribution in [0.4, 0.5) is 5.69 Å². The van der Waals surface area contributed by atoms with E-state index in [0.29, 0.717) is 0 Å². The van der Waals surface area contributed by atoms with Gasteiger partial charge in [0.2, 0.25) is 0 Å². The van der Waals surface area contributed by atoms with Crippen molar-refractivity contribution in [2.45, 2.75) is 0 Å². The molecule has 0 atom stereocenters. The standard InChI is InChI=1S/C24H21NO/c1-26-24-18-16-23(17-19-24)25-22(14-12-20-8-4-2-5-9-20)15-13-21-10-6-3-7-11-21/h2-19H,1H3/b14-12+,15-13+. The largest absolute Gasteiger partial charge is 0.497 e. The summed E-state index contributed by atoms with van der Waals surface area (Å²) in [5.74, 6) is 0.824. The summed E-state index contributed by atoms with van der Waals surface area (Å²) in [7, 11) is 1.66. The minimum atomic E-state index is 0.824. The van der Waals surface area contributed by atoms with E-state index in [1.54, 1.807) is 7.11 Å². The summed E-state index contributed by atoms with van der Waals surface area (Å²) in [5.41, 5.74) is 4.05. The van der Waals surface area contributed by atoms with E-state index >= 15 is 0 Å². The number of methoxy groups -OCH3 is 1. The topological polar surface area (TPSA) is 21.6 Å². The van der Waals surface area contributed by atoms with Crippen LogP contribution in [-0.4, -0.2) is 12.8 Å². The van der Waals surface area contributed by atoms with E-state index in [0.717, 1.165) is 28.3 Å². The molecule has 0 fully saturated rings. The van der Waals surface area contributed by atoms with Crippen LogP contribution >= 0.6 is 0 Å². The Labute approximate surface area is 154 Å². The zero-order valence-electron chi connectivity index (χ0n) is 14.7. The Bertz CT molecular complexity index is 840. The lowest BCUT2D eigenvalue weighted by atomic mass is 10.1. The van der Waals surface area contributed by atoms with Gasteiger partial charge in [0.1, 0.15) is 5.75 Å². The maximum Gasteiger partial charge on any atom is 0.119 e. The Morgan fingerprint density at radius 2 is 1.19 bits per heavy atom. The van der Waals surface area contributed by atoms with Gasteiger partial charge in [-0.25, -0.2) is 4.99 Å². The fourth-order valence-corrected chi connectivity index (χ4v) is 2.43. The van der Waals surface area contributed by atoms with E-state index in [1.165, 1.54) is 0 Å². The molecule has 0 saturated heterocycles.